The lowest BCUT2D eigenvalue weighted by Gasteiger charge is -2.37. The first-order valence-electron chi connectivity index (χ1n) is 11.1. The number of alkyl halides is 2. The summed E-state index contributed by atoms with van der Waals surface area (Å²) in [6.45, 7) is 7.63. The molecule has 0 bridgehead atoms. The summed E-state index contributed by atoms with van der Waals surface area (Å²) in [5.74, 6) is -2.35. The molecule has 1 aromatic rings. The third-order valence-corrected chi connectivity index (χ3v) is 7.02. The SMILES string of the molecule is CNCCN(C)Cc1nn2c(c1C1CCC3(CC1)CC(C)(C)CO3)CC(F)(F)C2. The monoisotopic (exact) mass is 410 g/mol. The number of halogens is 2. The zero-order chi connectivity index (χ0) is 20.9. The van der Waals surface area contributed by atoms with Gasteiger partial charge in [-0.05, 0) is 57.5 Å². The van der Waals surface area contributed by atoms with Crippen LogP contribution in [0.2, 0.25) is 0 Å². The van der Waals surface area contributed by atoms with Crippen LogP contribution in [0.25, 0.3) is 0 Å². The van der Waals surface area contributed by atoms with E-state index in [9.17, 15) is 8.78 Å². The Kier molecular flexibility index (Phi) is 5.53. The molecule has 2 fully saturated rings. The van der Waals surface area contributed by atoms with Crippen molar-refractivity contribution in [1.82, 2.24) is 20.0 Å². The van der Waals surface area contributed by atoms with Crippen LogP contribution in [0.5, 0.6) is 0 Å². The van der Waals surface area contributed by atoms with Gasteiger partial charge in [-0.25, -0.2) is 8.78 Å². The smallest absolute Gasteiger partial charge is 0.272 e. The van der Waals surface area contributed by atoms with E-state index in [4.69, 9.17) is 4.74 Å². The molecule has 3 aliphatic rings. The molecule has 5 nitrogen and oxygen atoms in total. The first-order chi connectivity index (χ1) is 13.6. The fourth-order valence-corrected chi connectivity index (χ4v) is 5.70. The van der Waals surface area contributed by atoms with Gasteiger partial charge < -0.3 is 10.1 Å². The highest BCUT2D eigenvalue weighted by molar-refractivity contribution is 5.34. The number of rotatable bonds is 6. The van der Waals surface area contributed by atoms with Crippen molar-refractivity contribution >= 4 is 0 Å². The van der Waals surface area contributed by atoms with E-state index in [-0.39, 0.29) is 24.0 Å². The summed E-state index contributed by atoms with van der Waals surface area (Å²) in [7, 11) is 4.02. The molecule has 3 heterocycles. The van der Waals surface area contributed by atoms with E-state index in [2.05, 4.69) is 36.2 Å². The maximum Gasteiger partial charge on any atom is 0.272 e. The van der Waals surface area contributed by atoms with Gasteiger partial charge in [0.15, 0.2) is 0 Å². The molecule has 1 saturated carbocycles. The van der Waals surface area contributed by atoms with Crippen molar-refractivity contribution in [3.8, 4) is 0 Å². The van der Waals surface area contributed by atoms with Gasteiger partial charge in [-0.2, -0.15) is 5.10 Å². The van der Waals surface area contributed by atoms with Crippen LogP contribution in [-0.2, 0) is 24.2 Å². The maximum absolute atomic E-state index is 14.1. The van der Waals surface area contributed by atoms with Gasteiger partial charge in [0.2, 0.25) is 0 Å². The lowest BCUT2D eigenvalue weighted by atomic mass is 9.71. The number of hydrogen-bond acceptors (Lipinski definition) is 4. The van der Waals surface area contributed by atoms with Crippen molar-refractivity contribution in [2.75, 3.05) is 33.8 Å². The molecule has 1 saturated heterocycles. The van der Waals surface area contributed by atoms with Crippen molar-refractivity contribution in [2.45, 2.75) is 82.9 Å². The van der Waals surface area contributed by atoms with Gasteiger partial charge in [0.25, 0.3) is 5.92 Å². The number of nitrogens with zero attached hydrogens (tertiary/aromatic N) is 3. The largest absolute Gasteiger partial charge is 0.374 e. The highest BCUT2D eigenvalue weighted by Gasteiger charge is 2.48. The minimum absolute atomic E-state index is 0.00399. The van der Waals surface area contributed by atoms with Crippen molar-refractivity contribution in [2.24, 2.45) is 5.41 Å². The van der Waals surface area contributed by atoms with Crippen LogP contribution in [0.1, 0.15) is 68.8 Å². The number of hydrogen-bond donors (Lipinski definition) is 1. The molecule has 7 heteroatoms. The number of ether oxygens (including phenoxy) is 1. The van der Waals surface area contributed by atoms with Gasteiger partial charge in [0, 0.05) is 30.9 Å². The van der Waals surface area contributed by atoms with Crippen LogP contribution in [0, 0.1) is 5.41 Å². The van der Waals surface area contributed by atoms with Crippen LogP contribution >= 0.6 is 0 Å². The molecule has 0 unspecified atom stereocenters. The van der Waals surface area contributed by atoms with Crippen molar-refractivity contribution in [3.63, 3.8) is 0 Å². The Morgan fingerprint density at radius 3 is 2.62 bits per heavy atom. The van der Waals surface area contributed by atoms with E-state index >= 15 is 0 Å². The Labute approximate surface area is 173 Å². The predicted molar refractivity (Wildman–Crippen MR) is 109 cm³/mol. The van der Waals surface area contributed by atoms with Crippen LogP contribution in [0.3, 0.4) is 0 Å². The minimum Gasteiger partial charge on any atom is -0.374 e. The lowest BCUT2D eigenvalue weighted by molar-refractivity contribution is -0.0296. The van der Waals surface area contributed by atoms with Gasteiger partial charge in [0.05, 0.1) is 24.3 Å². The highest BCUT2D eigenvalue weighted by atomic mass is 19.3. The molecule has 0 aromatic carbocycles. The number of likely N-dealkylation sites (N-methyl/N-ethyl adjacent to an activating group) is 2. The number of fused-ring (bicyclic) bond motifs is 1. The molecule has 0 atom stereocenters. The molecular formula is C22H36F2N4O. The van der Waals surface area contributed by atoms with Gasteiger partial charge in [0.1, 0.15) is 6.54 Å². The average molecular weight is 411 g/mol. The van der Waals surface area contributed by atoms with Crippen molar-refractivity contribution in [1.29, 1.82) is 0 Å². The second-order valence-corrected chi connectivity index (χ2v) is 10.4. The summed E-state index contributed by atoms with van der Waals surface area (Å²) in [4.78, 5) is 2.23. The lowest BCUT2D eigenvalue weighted by Crippen LogP contribution is -2.34. The van der Waals surface area contributed by atoms with Crippen LogP contribution < -0.4 is 5.32 Å². The second-order valence-electron chi connectivity index (χ2n) is 10.4. The fourth-order valence-electron chi connectivity index (χ4n) is 5.70. The summed E-state index contributed by atoms with van der Waals surface area (Å²) < 4.78 is 36.1. The molecule has 4 rings (SSSR count). The highest BCUT2D eigenvalue weighted by Crippen LogP contribution is 2.51. The molecule has 2 aliphatic heterocycles. The summed E-state index contributed by atoms with van der Waals surface area (Å²) >= 11 is 0. The summed E-state index contributed by atoms with van der Waals surface area (Å²) in [6.07, 6.45) is 5.01. The van der Waals surface area contributed by atoms with Gasteiger partial charge in [-0.3, -0.25) is 9.58 Å². The maximum atomic E-state index is 14.1. The van der Waals surface area contributed by atoms with Crippen LogP contribution in [0.15, 0.2) is 0 Å². The Hall–Kier alpha value is -1.05. The molecule has 164 valence electrons. The van der Waals surface area contributed by atoms with Crippen molar-refractivity contribution in [3.05, 3.63) is 17.0 Å². The normalized spacial score (nSPS) is 30.4. The Morgan fingerprint density at radius 1 is 1.28 bits per heavy atom. The zero-order valence-corrected chi connectivity index (χ0v) is 18.4. The molecule has 1 N–H and O–H groups in total. The first-order valence-corrected chi connectivity index (χ1v) is 11.1. The molecule has 0 amide bonds. The van der Waals surface area contributed by atoms with E-state index in [0.717, 1.165) is 68.8 Å². The van der Waals surface area contributed by atoms with E-state index in [1.54, 1.807) is 4.68 Å². The summed E-state index contributed by atoms with van der Waals surface area (Å²) in [6, 6.07) is 0. The van der Waals surface area contributed by atoms with Crippen LogP contribution in [0.4, 0.5) is 8.78 Å². The first kappa shape index (κ1) is 21.2. The number of nitrogens with one attached hydrogen (secondary N) is 1. The summed E-state index contributed by atoms with van der Waals surface area (Å²) in [5.41, 5.74) is 3.15. The molecule has 1 aliphatic carbocycles. The zero-order valence-electron chi connectivity index (χ0n) is 18.4. The Bertz CT molecular complexity index is 737. The molecule has 1 spiro atoms. The second kappa shape index (κ2) is 7.57. The van der Waals surface area contributed by atoms with E-state index in [0.29, 0.717) is 12.5 Å². The minimum atomic E-state index is -2.66. The fraction of sp³-hybridized carbons (Fsp3) is 0.864. The number of aromatic nitrogens is 2. The molecule has 1 aromatic heterocycles. The van der Waals surface area contributed by atoms with E-state index in [1.165, 1.54) is 0 Å². The van der Waals surface area contributed by atoms with Crippen molar-refractivity contribution < 1.29 is 13.5 Å². The third-order valence-electron chi connectivity index (χ3n) is 7.02. The molecule has 29 heavy (non-hydrogen) atoms. The topological polar surface area (TPSA) is 42.3 Å². The predicted octanol–water partition coefficient (Wildman–Crippen LogP) is 3.57. The standard InChI is InChI=1S/C22H36F2N4O/c1-20(2)13-21(29-15-20)7-5-16(6-8-21)19-17(12-27(4)10-9-25-3)26-28-14-22(23,24)11-18(19)28/h16,25H,5-15H2,1-4H3. The molecule has 0 radical (unpaired) electrons. The third kappa shape index (κ3) is 4.37. The Balaban J connectivity index is 1.53. The van der Waals surface area contributed by atoms with Crippen LogP contribution in [-0.4, -0.2) is 60.0 Å². The van der Waals surface area contributed by atoms with Gasteiger partial charge >= 0.3 is 0 Å². The van der Waals surface area contributed by atoms with Gasteiger partial charge in [-0.15, -0.1) is 0 Å². The molecular weight excluding hydrogens is 374 g/mol. The van der Waals surface area contributed by atoms with E-state index < -0.39 is 5.92 Å². The Morgan fingerprint density at radius 2 is 2.00 bits per heavy atom. The quantitative estimate of drug-likeness (QED) is 0.779. The summed E-state index contributed by atoms with van der Waals surface area (Å²) in [5, 5.41) is 7.83. The van der Waals surface area contributed by atoms with E-state index in [1.807, 2.05) is 7.05 Å². The van der Waals surface area contributed by atoms with Gasteiger partial charge in [-0.1, -0.05) is 13.8 Å². The average Bonchev–Trinajstić information content (AvgIpc) is 3.21.